The predicted octanol–water partition coefficient (Wildman–Crippen LogP) is 5.14. The Morgan fingerprint density at radius 3 is 1.69 bits per heavy atom. The first-order valence-electron chi connectivity index (χ1n) is 3.93. The fourth-order valence-corrected chi connectivity index (χ4v) is 7.14. The molecule has 1 rings (SSSR count). The van der Waals surface area contributed by atoms with Gasteiger partial charge in [0.2, 0.25) is 0 Å². The topological polar surface area (TPSA) is 0 Å². The summed E-state index contributed by atoms with van der Waals surface area (Å²) >= 11 is -6.77. The standard InChI is InChI=1S/C5H5.5CH3.2FH.Os/c1-2-4-5-3-1;;;;;;;;/h1-3H,4H2;5*1H3;2*1H;/q;;;;;;;;+2/p-2. The van der Waals surface area contributed by atoms with Crippen LogP contribution in [0.3, 0.4) is 0 Å². The van der Waals surface area contributed by atoms with E-state index in [4.69, 9.17) is 0 Å². The molecule has 0 aliphatic heterocycles. The molecule has 0 aromatic rings. The Kier molecular flexibility index (Phi) is 1.00. The van der Waals surface area contributed by atoms with Crippen molar-refractivity contribution in [3.8, 4) is 0 Å². The van der Waals surface area contributed by atoms with E-state index < -0.39 is 11.3 Å². The van der Waals surface area contributed by atoms with Gasteiger partial charge < -0.3 is 0 Å². The Labute approximate surface area is 74.3 Å². The summed E-state index contributed by atoms with van der Waals surface area (Å²) in [7, 11) is 0. The fourth-order valence-electron chi connectivity index (χ4n) is 1.17. The summed E-state index contributed by atoms with van der Waals surface area (Å²) in [5, 5.41) is 0. The van der Waals surface area contributed by atoms with Gasteiger partial charge in [-0.2, -0.15) is 0 Å². The number of hydrogen-bond donors (Lipinski definition) is 0. The van der Waals surface area contributed by atoms with Gasteiger partial charge in [0.1, 0.15) is 0 Å². The monoisotopic (exact) mass is 370 g/mol. The summed E-state index contributed by atoms with van der Waals surface area (Å²) in [6, 6.07) is 0. The van der Waals surface area contributed by atoms with E-state index in [1.807, 2.05) is 0 Å². The van der Waals surface area contributed by atoms with Crippen LogP contribution < -0.4 is 0 Å². The van der Waals surface area contributed by atoms with E-state index in [-0.39, 0.29) is 0 Å². The SMILES string of the molecule is [CH3][Os]([CH3])([CH3])([CH3])([CH3])([F])([F])[C]1=CC=CC1. The van der Waals surface area contributed by atoms with Crippen molar-refractivity contribution >= 4 is 0 Å². The van der Waals surface area contributed by atoms with Crippen molar-refractivity contribution in [3.05, 3.63) is 22.4 Å². The Bertz CT molecular complexity index is 344. The first-order chi connectivity index (χ1) is 5.00. The summed E-state index contributed by atoms with van der Waals surface area (Å²) in [6.45, 7) is 0. The fraction of sp³-hybridized carbons (Fsp3) is 0.600. The second kappa shape index (κ2) is 1.18. The van der Waals surface area contributed by atoms with Gasteiger partial charge in [0, 0.05) is 0 Å². The van der Waals surface area contributed by atoms with Crippen LogP contribution in [0.4, 0.5) is 6.57 Å². The van der Waals surface area contributed by atoms with Crippen molar-refractivity contribution in [2.75, 3.05) is 0 Å². The first-order valence-corrected chi connectivity index (χ1v) is 19.8. The van der Waals surface area contributed by atoms with Crippen LogP contribution in [0.2, 0.25) is 27.4 Å². The van der Waals surface area contributed by atoms with Crippen molar-refractivity contribution in [1.29, 1.82) is 0 Å². The third-order valence-corrected chi connectivity index (χ3v) is 12.4. The van der Waals surface area contributed by atoms with Crippen molar-refractivity contribution in [1.82, 2.24) is 0 Å². The zero-order valence-electron chi connectivity index (χ0n) is 9.05. The Balaban J connectivity index is 3.65. The molecule has 1 aliphatic rings. The molecule has 0 aromatic carbocycles. The van der Waals surface area contributed by atoms with E-state index in [0.29, 0.717) is 10.5 Å². The molecule has 13 heavy (non-hydrogen) atoms. The van der Waals surface area contributed by atoms with Gasteiger partial charge in [0.25, 0.3) is 0 Å². The third kappa shape index (κ3) is 2.71. The second-order valence-electron chi connectivity index (χ2n) is 7.17. The number of allylic oxidation sites excluding steroid dienone is 4. The number of halogens is 2. The zero-order valence-corrected chi connectivity index (χ0v) is 11.6. The Morgan fingerprint density at radius 1 is 1.08 bits per heavy atom. The molecule has 0 unspecified atom stereocenters. The van der Waals surface area contributed by atoms with Crippen LogP contribution in [0, 0.1) is 0 Å². The van der Waals surface area contributed by atoms with Gasteiger partial charge in [-0.3, -0.25) is 0 Å². The van der Waals surface area contributed by atoms with E-state index in [2.05, 4.69) is 0 Å². The minimum atomic E-state index is -6.77. The summed E-state index contributed by atoms with van der Waals surface area (Å²) in [4.78, 5) is 0. The van der Waals surface area contributed by atoms with Gasteiger partial charge in [-0.25, -0.2) is 0 Å². The molecular formula is C10H20F2Os. The molecule has 0 heterocycles. The van der Waals surface area contributed by atoms with E-state index in [9.17, 15) is 0 Å². The molecular weight excluding hydrogens is 348 g/mol. The summed E-state index contributed by atoms with van der Waals surface area (Å²) in [5.74, 6) is 0. The maximum atomic E-state index is 15.2. The van der Waals surface area contributed by atoms with E-state index in [1.165, 1.54) is 27.4 Å². The predicted molar refractivity (Wildman–Crippen MR) is 53.4 cm³/mol. The number of hydrogen-bond acceptors (Lipinski definition) is 0. The maximum absolute atomic E-state index is 15.2. The number of rotatable bonds is 1. The Morgan fingerprint density at radius 2 is 1.54 bits per heavy atom. The molecule has 0 atom stereocenters. The zero-order chi connectivity index (χ0) is 10.8. The molecule has 0 N–H and O–H groups in total. The van der Waals surface area contributed by atoms with Gasteiger partial charge in [-0.15, -0.1) is 0 Å². The van der Waals surface area contributed by atoms with Crippen molar-refractivity contribution in [2.45, 2.75) is 33.8 Å². The molecule has 82 valence electrons. The van der Waals surface area contributed by atoms with Gasteiger partial charge in [-0.1, -0.05) is 0 Å². The third-order valence-electron chi connectivity index (χ3n) is 2.02. The van der Waals surface area contributed by atoms with Gasteiger partial charge in [0.15, 0.2) is 0 Å². The van der Waals surface area contributed by atoms with Gasteiger partial charge in [0.05, 0.1) is 0 Å². The molecule has 0 bridgehead atoms. The van der Waals surface area contributed by atoms with Crippen LogP contribution in [0.15, 0.2) is 22.4 Å². The van der Waals surface area contributed by atoms with Crippen LogP contribution in [0.5, 0.6) is 0 Å². The molecule has 0 amide bonds. The van der Waals surface area contributed by atoms with Gasteiger partial charge in [-0.05, 0) is 0 Å². The molecule has 0 aromatic heterocycles. The molecule has 3 heteroatoms. The second-order valence-corrected chi connectivity index (χ2v) is 51.5. The summed E-state index contributed by atoms with van der Waals surface area (Å²) in [5.41, 5.74) is 5.88. The van der Waals surface area contributed by atoms with Crippen LogP contribution in [0.25, 0.3) is 0 Å². The average Bonchev–Trinajstić information content (AvgIpc) is 1.97. The van der Waals surface area contributed by atoms with Gasteiger partial charge >= 0.3 is 74.0 Å². The molecule has 0 spiro atoms. The van der Waals surface area contributed by atoms with Crippen LogP contribution in [-0.2, 0) is 11.3 Å². The quantitative estimate of drug-likeness (QED) is 0.601. The van der Waals surface area contributed by atoms with E-state index in [1.54, 1.807) is 18.2 Å². The van der Waals surface area contributed by atoms with Crippen LogP contribution >= 0.6 is 0 Å². The normalized spacial score (nSPS) is 29.6. The Hall–Kier alpha value is -0.0236. The molecule has 0 radical (unpaired) electrons. The molecule has 0 fully saturated rings. The molecule has 0 nitrogen and oxygen atoms in total. The molecule has 0 saturated carbocycles. The molecule has 1 aliphatic carbocycles. The summed E-state index contributed by atoms with van der Waals surface area (Å²) in [6.07, 6.45) is 5.49. The summed E-state index contributed by atoms with van der Waals surface area (Å²) < 4.78 is 30.8. The first kappa shape index (κ1) is 11.1. The minimum absolute atomic E-state index is 0.316. The van der Waals surface area contributed by atoms with Crippen molar-refractivity contribution in [3.63, 3.8) is 0 Å². The van der Waals surface area contributed by atoms with E-state index in [0.717, 1.165) is 0 Å². The average molecular weight is 368 g/mol. The van der Waals surface area contributed by atoms with Crippen molar-refractivity contribution in [2.24, 2.45) is 0 Å². The van der Waals surface area contributed by atoms with Crippen LogP contribution in [-0.4, -0.2) is 0 Å². The molecule has 0 saturated heterocycles. The van der Waals surface area contributed by atoms with Crippen LogP contribution in [0.1, 0.15) is 6.42 Å². The van der Waals surface area contributed by atoms with Crippen molar-refractivity contribution < 1.29 is 17.8 Å². The van der Waals surface area contributed by atoms with E-state index >= 15 is 6.57 Å².